The summed E-state index contributed by atoms with van der Waals surface area (Å²) in [6.45, 7) is 0. The SMILES string of the molecule is S=P(Cl)(Cl)[C@H]1C[C@@H]2CC[C@H]1C2. The average Bonchev–Trinajstić information content (AvgIpc) is 2.42. The molecule has 0 amide bonds. The summed E-state index contributed by atoms with van der Waals surface area (Å²) in [7, 11) is 0. The Bertz CT molecular complexity index is 212. The van der Waals surface area contributed by atoms with Gasteiger partial charge in [0.1, 0.15) is 4.74 Å². The molecule has 11 heavy (non-hydrogen) atoms. The van der Waals surface area contributed by atoms with Crippen molar-refractivity contribution in [3.05, 3.63) is 0 Å². The van der Waals surface area contributed by atoms with Crippen LogP contribution < -0.4 is 0 Å². The molecule has 4 heteroatoms. The molecular formula is C7H11Cl2PS. The van der Waals surface area contributed by atoms with Gasteiger partial charge in [-0.15, -0.1) is 0 Å². The van der Waals surface area contributed by atoms with Gasteiger partial charge in [-0.05, 0) is 31.1 Å². The Balaban J connectivity index is 2.14. The van der Waals surface area contributed by atoms with E-state index in [1.54, 1.807) is 0 Å². The summed E-state index contributed by atoms with van der Waals surface area (Å²) in [5.74, 6) is 1.69. The molecule has 2 bridgehead atoms. The molecule has 0 saturated heterocycles. The van der Waals surface area contributed by atoms with Crippen LogP contribution in [0.1, 0.15) is 25.7 Å². The van der Waals surface area contributed by atoms with Crippen LogP contribution in [-0.4, -0.2) is 5.66 Å². The smallest absolute Gasteiger partial charge is 0.0680 e. The standard InChI is InChI=1S/C7H11Cl2PS/c8-10(9,11)7-4-5-1-2-6(7)3-5/h5-7H,1-4H2/t5-,6+,7+/m1/s1. The van der Waals surface area contributed by atoms with E-state index in [9.17, 15) is 0 Å². The third-order valence-corrected chi connectivity index (χ3v) is 6.81. The lowest BCUT2D eigenvalue weighted by Crippen LogP contribution is -2.12. The lowest BCUT2D eigenvalue weighted by atomic mass is 10.0. The van der Waals surface area contributed by atoms with Gasteiger partial charge in [-0.1, -0.05) is 40.7 Å². The molecular weight excluding hydrogens is 218 g/mol. The van der Waals surface area contributed by atoms with Crippen molar-refractivity contribution in [3.8, 4) is 0 Å². The lowest BCUT2D eigenvalue weighted by Gasteiger charge is -2.24. The zero-order chi connectivity index (χ0) is 8.06. The van der Waals surface area contributed by atoms with Crippen LogP contribution in [0.2, 0.25) is 0 Å². The maximum absolute atomic E-state index is 6.02. The fourth-order valence-electron chi connectivity index (χ4n) is 2.58. The van der Waals surface area contributed by atoms with Crippen molar-refractivity contribution in [2.45, 2.75) is 31.3 Å². The Labute approximate surface area is 82.2 Å². The lowest BCUT2D eigenvalue weighted by molar-refractivity contribution is 0.490. The van der Waals surface area contributed by atoms with Crippen LogP contribution in [0.3, 0.4) is 0 Å². The molecule has 0 spiro atoms. The highest BCUT2D eigenvalue weighted by atomic mass is 35.9. The predicted molar refractivity (Wildman–Crippen MR) is 55.2 cm³/mol. The number of halogens is 2. The highest BCUT2D eigenvalue weighted by Gasteiger charge is 2.44. The summed E-state index contributed by atoms with van der Waals surface area (Å²) in [5, 5.41) is 0. The van der Waals surface area contributed by atoms with E-state index in [0.29, 0.717) is 5.66 Å². The molecule has 0 N–H and O–H groups in total. The first-order chi connectivity index (χ1) is 5.07. The predicted octanol–water partition coefficient (Wildman–Crippen LogP) is 3.96. The van der Waals surface area contributed by atoms with Gasteiger partial charge in [0.05, 0.1) is 0 Å². The Kier molecular flexibility index (Phi) is 2.30. The van der Waals surface area contributed by atoms with Gasteiger partial charge in [0.2, 0.25) is 0 Å². The minimum absolute atomic E-state index is 0.500. The van der Waals surface area contributed by atoms with E-state index in [-0.39, 0.29) is 0 Å². The first kappa shape index (κ1) is 8.81. The average molecular weight is 229 g/mol. The van der Waals surface area contributed by atoms with E-state index >= 15 is 0 Å². The monoisotopic (exact) mass is 228 g/mol. The summed E-state index contributed by atoms with van der Waals surface area (Å²) in [6.07, 6.45) is 5.29. The van der Waals surface area contributed by atoms with Gasteiger partial charge in [-0.3, -0.25) is 0 Å². The molecule has 3 atom stereocenters. The molecule has 0 aliphatic heterocycles. The molecule has 0 radical (unpaired) electrons. The minimum Gasteiger partial charge on any atom is -0.0680 e. The fraction of sp³-hybridized carbons (Fsp3) is 1.00. The second kappa shape index (κ2) is 2.87. The van der Waals surface area contributed by atoms with E-state index in [2.05, 4.69) is 0 Å². The van der Waals surface area contributed by atoms with Gasteiger partial charge in [0.25, 0.3) is 0 Å². The van der Waals surface area contributed by atoms with E-state index < -0.39 is 4.74 Å². The van der Waals surface area contributed by atoms with E-state index in [0.717, 1.165) is 11.8 Å². The Hall–Kier alpha value is 1.23. The van der Waals surface area contributed by atoms with Crippen molar-refractivity contribution in [2.24, 2.45) is 11.8 Å². The van der Waals surface area contributed by atoms with Gasteiger partial charge in [-0.2, -0.15) is 0 Å². The Morgan fingerprint density at radius 2 is 1.91 bits per heavy atom. The largest absolute Gasteiger partial charge is 0.123 e. The number of hydrogen-bond acceptors (Lipinski definition) is 1. The van der Waals surface area contributed by atoms with E-state index in [4.69, 9.17) is 34.3 Å². The quantitative estimate of drug-likeness (QED) is 0.613. The Morgan fingerprint density at radius 3 is 2.18 bits per heavy atom. The highest BCUT2D eigenvalue weighted by molar-refractivity contribution is 8.39. The van der Waals surface area contributed by atoms with Gasteiger partial charge in [0.15, 0.2) is 0 Å². The van der Waals surface area contributed by atoms with E-state index in [1.165, 1.54) is 25.7 Å². The summed E-state index contributed by atoms with van der Waals surface area (Å²) in [4.78, 5) is 0. The van der Waals surface area contributed by atoms with Crippen molar-refractivity contribution in [1.82, 2.24) is 0 Å². The summed E-state index contributed by atoms with van der Waals surface area (Å²) in [5.41, 5.74) is 0.500. The summed E-state index contributed by atoms with van der Waals surface area (Å²) >= 11 is 17.2. The molecule has 0 aromatic heterocycles. The maximum Gasteiger partial charge on any atom is 0.123 e. The number of hydrogen-bond donors (Lipinski definition) is 0. The van der Waals surface area contributed by atoms with Crippen LogP contribution in [0.25, 0.3) is 0 Å². The molecule has 0 nitrogen and oxygen atoms in total. The first-order valence-electron chi connectivity index (χ1n) is 4.06. The van der Waals surface area contributed by atoms with Crippen LogP contribution in [0.15, 0.2) is 0 Å². The molecule has 2 saturated carbocycles. The van der Waals surface area contributed by atoms with Crippen molar-refractivity contribution in [2.75, 3.05) is 0 Å². The van der Waals surface area contributed by atoms with Crippen LogP contribution >= 0.6 is 27.2 Å². The van der Waals surface area contributed by atoms with Gasteiger partial charge in [-0.25, -0.2) is 0 Å². The zero-order valence-corrected chi connectivity index (χ0v) is 9.39. The third kappa shape index (κ3) is 1.63. The van der Waals surface area contributed by atoms with Crippen molar-refractivity contribution < 1.29 is 0 Å². The first-order valence-corrected chi connectivity index (χ1v) is 8.74. The van der Waals surface area contributed by atoms with Crippen LogP contribution in [-0.2, 0) is 11.8 Å². The molecule has 0 unspecified atom stereocenters. The second-order valence-corrected chi connectivity index (χ2v) is 12.1. The van der Waals surface area contributed by atoms with Crippen molar-refractivity contribution in [3.63, 3.8) is 0 Å². The molecule has 64 valence electrons. The molecule has 2 rings (SSSR count). The normalized spacial score (nSPS) is 43.3. The Morgan fingerprint density at radius 1 is 1.18 bits per heavy atom. The van der Waals surface area contributed by atoms with Crippen LogP contribution in [0, 0.1) is 11.8 Å². The van der Waals surface area contributed by atoms with Crippen molar-refractivity contribution in [1.29, 1.82) is 0 Å². The highest BCUT2D eigenvalue weighted by Crippen LogP contribution is 2.69. The molecule has 2 aliphatic carbocycles. The zero-order valence-electron chi connectivity index (χ0n) is 6.17. The summed E-state index contributed by atoms with van der Waals surface area (Å²) < 4.78 is -1.98. The second-order valence-electron chi connectivity index (χ2n) is 3.74. The number of rotatable bonds is 1. The van der Waals surface area contributed by atoms with Gasteiger partial charge >= 0.3 is 0 Å². The molecule has 2 fully saturated rings. The van der Waals surface area contributed by atoms with Crippen LogP contribution in [0.4, 0.5) is 0 Å². The third-order valence-electron chi connectivity index (χ3n) is 3.09. The summed E-state index contributed by atoms with van der Waals surface area (Å²) in [6, 6.07) is 0. The molecule has 0 aromatic rings. The molecule has 2 aliphatic rings. The van der Waals surface area contributed by atoms with Gasteiger partial charge < -0.3 is 0 Å². The van der Waals surface area contributed by atoms with Crippen LogP contribution in [0.5, 0.6) is 0 Å². The maximum atomic E-state index is 6.02. The van der Waals surface area contributed by atoms with E-state index in [1.807, 2.05) is 0 Å². The molecule has 0 aromatic carbocycles. The number of fused-ring (bicyclic) bond motifs is 2. The molecule has 0 heterocycles. The minimum atomic E-state index is -1.98. The topological polar surface area (TPSA) is 0 Å². The fourth-order valence-corrected chi connectivity index (χ4v) is 6.09. The van der Waals surface area contributed by atoms with Gasteiger partial charge in [0, 0.05) is 5.66 Å². The van der Waals surface area contributed by atoms with Crippen molar-refractivity contribution >= 4 is 39.0 Å².